The fourth-order valence-corrected chi connectivity index (χ4v) is 5.35. The summed E-state index contributed by atoms with van der Waals surface area (Å²) in [5.74, 6) is -0.454. The van der Waals surface area contributed by atoms with Crippen LogP contribution in [0.15, 0.2) is 69.0 Å². The molecule has 1 heterocycles. The molecule has 0 aliphatic carbocycles. The molecule has 0 N–H and O–H groups in total. The maximum absolute atomic E-state index is 13.0. The number of amides is 1. The van der Waals surface area contributed by atoms with Crippen molar-refractivity contribution in [1.29, 1.82) is 0 Å². The van der Waals surface area contributed by atoms with Gasteiger partial charge in [0.15, 0.2) is 5.17 Å². The first kappa shape index (κ1) is 18.2. The zero-order valence-electron chi connectivity index (χ0n) is 13.3. The van der Waals surface area contributed by atoms with Gasteiger partial charge in [-0.15, -0.1) is 0 Å². The third-order valence-corrected chi connectivity index (χ3v) is 7.25. The summed E-state index contributed by atoms with van der Waals surface area (Å²) in [5.41, 5.74) is 0.602. The lowest BCUT2D eigenvalue weighted by molar-refractivity contribution is -0.122. The first-order valence-corrected chi connectivity index (χ1v) is 10.7. The Bertz CT molecular complexity index is 913. The Labute approximate surface area is 159 Å². The largest absolute Gasteiger partial charge is 0.272 e. The lowest BCUT2D eigenvalue weighted by Crippen LogP contribution is -2.37. The highest BCUT2D eigenvalue weighted by molar-refractivity contribution is 9.10. The van der Waals surface area contributed by atoms with Crippen LogP contribution >= 0.6 is 27.7 Å². The third-order valence-electron chi connectivity index (χ3n) is 3.60. The van der Waals surface area contributed by atoms with Crippen molar-refractivity contribution >= 4 is 54.5 Å². The summed E-state index contributed by atoms with van der Waals surface area (Å²) in [6.45, 7) is 1.85. The zero-order valence-corrected chi connectivity index (χ0v) is 16.5. The molecule has 1 fully saturated rings. The summed E-state index contributed by atoms with van der Waals surface area (Å²) in [6.07, 6.45) is 0.531. The number of carbonyl (C=O) groups excluding carboxylic acids is 1. The maximum atomic E-state index is 13.0. The van der Waals surface area contributed by atoms with Crippen molar-refractivity contribution in [3.8, 4) is 0 Å². The van der Waals surface area contributed by atoms with E-state index >= 15 is 0 Å². The average molecular weight is 439 g/mol. The van der Waals surface area contributed by atoms with E-state index in [9.17, 15) is 13.2 Å². The molecule has 0 aromatic heterocycles. The monoisotopic (exact) mass is 438 g/mol. The highest BCUT2D eigenvalue weighted by atomic mass is 79.9. The minimum atomic E-state index is -4.01. The maximum Gasteiger partial charge on any atom is 0.272 e. The highest BCUT2D eigenvalue weighted by Gasteiger charge is 2.44. The first-order valence-electron chi connectivity index (χ1n) is 7.58. The van der Waals surface area contributed by atoms with Crippen LogP contribution in [0.4, 0.5) is 5.69 Å². The van der Waals surface area contributed by atoms with Crippen LogP contribution in [0.25, 0.3) is 0 Å². The lowest BCUT2D eigenvalue weighted by Gasteiger charge is -2.16. The molecule has 0 saturated carbocycles. The molecule has 2 aromatic rings. The van der Waals surface area contributed by atoms with Crippen molar-refractivity contribution in [2.45, 2.75) is 23.5 Å². The van der Waals surface area contributed by atoms with Crippen LogP contribution in [0.2, 0.25) is 0 Å². The molecule has 1 amide bonds. The van der Waals surface area contributed by atoms with Gasteiger partial charge in [0.1, 0.15) is 0 Å². The lowest BCUT2D eigenvalue weighted by atomic mass is 10.3. The Balaban J connectivity index is 2.07. The van der Waals surface area contributed by atoms with Crippen molar-refractivity contribution < 1.29 is 13.2 Å². The van der Waals surface area contributed by atoms with Gasteiger partial charge < -0.3 is 0 Å². The second kappa shape index (κ2) is 7.31. The van der Waals surface area contributed by atoms with Crippen molar-refractivity contribution in [3.05, 3.63) is 59.1 Å². The fraction of sp³-hybridized carbons (Fsp3) is 0.176. The highest BCUT2D eigenvalue weighted by Crippen LogP contribution is 2.35. The normalized spacial score (nSPS) is 19.6. The molecule has 5 nitrogen and oxygen atoms in total. The summed E-state index contributed by atoms with van der Waals surface area (Å²) >= 11 is 4.47. The quantitative estimate of drug-likeness (QED) is 0.717. The molecule has 1 saturated heterocycles. The standard InChI is InChI=1S/C17H15BrN2O3S2/c1-2-15-16(21)20(17(24-15)19-13-6-4-3-5-7-13)25(22,23)14-10-8-12(18)9-11-14/h3-11,15H,2H2,1H3/t15-/m0/s1. The van der Waals surface area contributed by atoms with Crippen molar-refractivity contribution in [1.82, 2.24) is 4.31 Å². The van der Waals surface area contributed by atoms with E-state index in [1.807, 2.05) is 25.1 Å². The van der Waals surface area contributed by atoms with Crippen LogP contribution < -0.4 is 0 Å². The molecule has 0 bridgehead atoms. The van der Waals surface area contributed by atoms with Gasteiger partial charge in [-0.2, -0.15) is 4.31 Å². The van der Waals surface area contributed by atoms with Crippen molar-refractivity contribution in [2.75, 3.05) is 0 Å². The van der Waals surface area contributed by atoms with E-state index in [2.05, 4.69) is 20.9 Å². The second-order valence-electron chi connectivity index (χ2n) is 5.31. The van der Waals surface area contributed by atoms with E-state index in [0.717, 1.165) is 8.78 Å². The number of carbonyl (C=O) groups is 1. The molecule has 1 atom stereocenters. The number of hydrogen-bond donors (Lipinski definition) is 0. The molecule has 130 valence electrons. The molecule has 8 heteroatoms. The number of halogens is 1. The smallest absolute Gasteiger partial charge is 0.272 e. The predicted molar refractivity (Wildman–Crippen MR) is 103 cm³/mol. The molecule has 0 radical (unpaired) electrons. The minimum Gasteiger partial charge on any atom is -0.272 e. The summed E-state index contributed by atoms with van der Waals surface area (Å²) in [5, 5.41) is -0.265. The Kier molecular flexibility index (Phi) is 5.31. The van der Waals surface area contributed by atoms with E-state index in [1.54, 1.807) is 24.3 Å². The predicted octanol–water partition coefficient (Wildman–Crippen LogP) is 4.18. The molecule has 25 heavy (non-hydrogen) atoms. The number of para-hydroxylation sites is 1. The van der Waals surface area contributed by atoms with Crippen LogP contribution in [-0.2, 0) is 14.8 Å². The number of aliphatic imine (C=N–C) groups is 1. The van der Waals surface area contributed by atoms with Gasteiger partial charge in [-0.25, -0.2) is 13.4 Å². The van der Waals surface area contributed by atoms with Gasteiger partial charge in [0, 0.05) is 4.47 Å². The van der Waals surface area contributed by atoms with Crippen LogP contribution in [0.5, 0.6) is 0 Å². The van der Waals surface area contributed by atoms with Crippen LogP contribution in [0.3, 0.4) is 0 Å². The summed E-state index contributed by atoms with van der Waals surface area (Å²) < 4.78 is 27.6. The van der Waals surface area contributed by atoms with Crippen molar-refractivity contribution in [2.24, 2.45) is 4.99 Å². The van der Waals surface area contributed by atoms with Gasteiger partial charge in [-0.05, 0) is 42.8 Å². The Morgan fingerprint density at radius 2 is 1.76 bits per heavy atom. The van der Waals surface area contributed by atoms with E-state index in [-0.39, 0.29) is 10.1 Å². The molecule has 3 rings (SSSR count). The molecule has 2 aromatic carbocycles. The number of amidine groups is 1. The van der Waals surface area contributed by atoms with E-state index < -0.39 is 21.2 Å². The van der Waals surface area contributed by atoms with Gasteiger partial charge in [-0.3, -0.25) is 4.79 Å². The molecule has 1 aliphatic rings. The number of rotatable bonds is 4. The van der Waals surface area contributed by atoms with Gasteiger partial charge in [-0.1, -0.05) is 52.8 Å². The van der Waals surface area contributed by atoms with Crippen LogP contribution in [-0.4, -0.2) is 29.0 Å². The molecule has 0 unspecified atom stereocenters. The second-order valence-corrected chi connectivity index (χ2v) is 9.18. The summed E-state index contributed by atoms with van der Waals surface area (Å²) in [7, 11) is -4.01. The first-order chi connectivity index (χ1) is 11.9. The zero-order chi connectivity index (χ0) is 18.0. The Hall–Kier alpha value is -1.64. The van der Waals surface area contributed by atoms with Crippen LogP contribution in [0.1, 0.15) is 13.3 Å². The number of hydrogen-bond acceptors (Lipinski definition) is 5. The fourth-order valence-electron chi connectivity index (χ4n) is 2.33. The van der Waals surface area contributed by atoms with E-state index in [0.29, 0.717) is 12.1 Å². The molecular formula is C17H15BrN2O3S2. The van der Waals surface area contributed by atoms with Gasteiger partial charge in [0.2, 0.25) is 0 Å². The van der Waals surface area contributed by atoms with E-state index in [4.69, 9.17) is 0 Å². The van der Waals surface area contributed by atoms with Gasteiger partial charge in [0.05, 0.1) is 15.8 Å². The average Bonchev–Trinajstić information content (AvgIpc) is 2.92. The van der Waals surface area contributed by atoms with Crippen LogP contribution in [0, 0.1) is 0 Å². The van der Waals surface area contributed by atoms with Gasteiger partial charge >= 0.3 is 0 Å². The number of nitrogens with zero attached hydrogens (tertiary/aromatic N) is 2. The van der Waals surface area contributed by atoms with E-state index in [1.165, 1.54) is 23.9 Å². The Morgan fingerprint density at radius 3 is 2.36 bits per heavy atom. The van der Waals surface area contributed by atoms with Crippen molar-refractivity contribution in [3.63, 3.8) is 0 Å². The summed E-state index contributed by atoms with van der Waals surface area (Å²) in [4.78, 5) is 17.1. The SMILES string of the molecule is CC[C@@H]1SC(=Nc2ccccc2)N(S(=O)(=O)c2ccc(Br)cc2)C1=O. The number of thioether (sulfide) groups is 1. The van der Waals surface area contributed by atoms with Gasteiger partial charge in [0.25, 0.3) is 15.9 Å². The molecule has 1 aliphatic heterocycles. The molecular weight excluding hydrogens is 424 g/mol. The Morgan fingerprint density at radius 1 is 1.12 bits per heavy atom. The third kappa shape index (κ3) is 3.65. The topological polar surface area (TPSA) is 66.8 Å². The number of benzene rings is 2. The minimum absolute atomic E-state index is 0.0576. The molecule has 0 spiro atoms. The number of sulfonamides is 1. The summed E-state index contributed by atoms with van der Waals surface area (Å²) in [6, 6.07) is 15.2.